The molecule has 1 fully saturated rings. The zero-order chi connectivity index (χ0) is 18.3. The standard InChI is InChI=1S/C15H10N4O5S2/c20-13-9(26-15(23)17-13)4-10-18-19-11(24-10)5-12-16-7-2-1-6(14(21)22)3-8(7)25-12/h1-3,9H,4-5H2,(H,21,22)(H,17,20,23). The van der Waals surface area contributed by atoms with Gasteiger partial charge in [-0.2, -0.15) is 0 Å². The summed E-state index contributed by atoms with van der Waals surface area (Å²) < 4.78 is 6.30. The highest BCUT2D eigenvalue weighted by Gasteiger charge is 2.33. The number of hydrogen-bond acceptors (Lipinski definition) is 9. The van der Waals surface area contributed by atoms with Gasteiger partial charge >= 0.3 is 5.97 Å². The predicted octanol–water partition coefficient (Wildman–Crippen LogP) is 1.86. The molecule has 2 N–H and O–H groups in total. The molecule has 1 unspecified atom stereocenters. The van der Waals surface area contributed by atoms with Crippen molar-refractivity contribution >= 4 is 50.4 Å². The van der Waals surface area contributed by atoms with E-state index < -0.39 is 11.2 Å². The molecule has 1 atom stereocenters. The molecule has 1 aliphatic heterocycles. The highest BCUT2D eigenvalue weighted by molar-refractivity contribution is 8.15. The smallest absolute Gasteiger partial charge is 0.335 e. The Labute approximate surface area is 153 Å². The average Bonchev–Trinajstić information content (AvgIpc) is 3.26. The normalized spacial score (nSPS) is 17.0. The number of rotatable bonds is 5. The van der Waals surface area contributed by atoms with E-state index in [1.165, 1.54) is 17.4 Å². The van der Waals surface area contributed by atoms with Crippen LogP contribution in [0.4, 0.5) is 4.79 Å². The number of thioether (sulfide) groups is 1. The molecule has 0 spiro atoms. The lowest BCUT2D eigenvalue weighted by atomic mass is 10.2. The van der Waals surface area contributed by atoms with Crippen LogP contribution in [0.15, 0.2) is 22.6 Å². The average molecular weight is 390 g/mol. The van der Waals surface area contributed by atoms with E-state index in [2.05, 4.69) is 20.5 Å². The van der Waals surface area contributed by atoms with Gasteiger partial charge in [-0.3, -0.25) is 14.9 Å². The largest absolute Gasteiger partial charge is 0.478 e. The lowest BCUT2D eigenvalue weighted by molar-refractivity contribution is -0.119. The summed E-state index contributed by atoms with van der Waals surface area (Å²) in [6.45, 7) is 0. The maximum absolute atomic E-state index is 11.6. The molecule has 0 saturated carbocycles. The Kier molecular flexibility index (Phi) is 4.17. The first-order valence-electron chi connectivity index (χ1n) is 7.43. The van der Waals surface area contributed by atoms with E-state index in [1.54, 1.807) is 12.1 Å². The second kappa shape index (κ2) is 6.50. The molecule has 9 nitrogen and oxygen atoms in total. The third-order valence-electron chi connectivity index (χ3n) is 3.62. The van der Waals surface area contributed by atoms with Gasteiger partial charge in [0.15, 0.2) is 0 Å². The third kappa shape index (κ3) is 3.30. The number of aromatic nitrogens is 3. The van der Waals surface area contributed by atoms with Gasteiger partial charge in [0.2, 0.25) is 17.7 Å². The van der Waals surface area contributed by atoms with E-state index in [1.807, 2.05) is 0 Å². The van der Waals surface area contributed by atoms with E-state index in [-0.39, 0.29) is 29.0 Å². The summed E-state index contributed by atoms with van der Waals surface area (Å²) in [7, 11) is 0. The fraction of sp³-hybridized carbons (Fsp3) is 0.200. The van der Waals surface area contributed by atoms with Crippen LogP contribution in [0.3, 0.4) is 0 Å². The lowest BCUT2D eigenvalue weighted by Gasteiger charge is -1.98. The summed E-state index contributed by atoms with van der Waals surface area (Å²) in [6, 6.07) is 4.74. The fourth-order valence-corrected chi connectivity index (χ4v) is 4.25. The minimum absolute atomic E-state index is 0.178. The van der Waals surface area contributed by atoms with Crippen molar-refractivity contribution in [1.29, 1.82) is 0 Å². The molecule has 26 heavy (non-hydrogen) atoms. The number of benzene rings is 1. The number of carbonyl (C=O) groups excluding carboxylic acids is 2. The van der Waals surface area contributed by atoms with Crippen LogP contribution in [0.1, 0.15) is 27.1 Å². The summed E-state index contributed by atoms with van der Waals surface area (Å²) in [6.07, 6.45) is 0.481. The number of imide groups is 1. The summed E-state index contributed by atoms with van der Waals surface area (Å²) in [5, 5.41) is 18.9. The number of thiazole rings is 1. The molecule has 3 aromatic rings. The van der Waals surface area contributed by atoms with Crippen molar-refractivity contribution in [2.24, 2.45) is 0 Å². The van der Waals surface area contributed by atoms with Crippen molar-refractivity contribution in [3.05, 3.63) is 40.6 Å². The van der Waals surface area contributed by atoms with Crippen molar-refractivity contribution in [3.63, 3.8) is 0 Å². The molecule has 4 rings (SSSR count). The highest BCUT2D eigenvalue weighted by Crippen LogP contribution is 2.26. The van der Waals surface area contributed by atoms with Crippen LogP contribution in [0, 0.1) is 0 Å². The number of aromatic carboxylic acids is 1. The van der Waals surface area contributed by atoms with Crippen LogP contribution < -0.4 is 5.32 Å². The number of fused-ring (bicyclic) bond motifs is 1. The first-order valence-corrected chi connectivity index (χ1v) is 9.13. The molecule has 0 bridgehead atoms. The van der Waals surface area contributed by atoms with E-state index in [9.17, 15) is 14.4 Å². The van der Waals surface area contributed by atoms with Crippen molar-refractivity contribution < 1.29 is 23.9 Å². The monoisotopic (exact) mass is 390 g/mol. The molecule has 1 saturated heterocycles. The zero-order valence-electron chi connectivity index (χ0n) is 13.0. The Morgan fingerprint density at radius 1 is 1.27 bits per heavy atom. The quantitative estimate of drug-likeness (QED) is 0.669. The Morgan fingerprint density at radius 3 is 2.81 bits per heavy atom. The van der Waals surface area contributed by atoms with Gasteiger partial charge in [-0.05, 0) is 18.2 Å². The number of carbonyl (C=O) groups is 3. The van der Waals surface area contributed by atoms with E-state index >= 15 is 0 Å². The molecule has 1 aliphatic rings. The number of hydrogen-bond donors (Lipinski definition) is 2. The van der Waals surface area contributed by atoms with Crippen molar-refractivity contribution in [2.45, 2.75) is 18.1 Å². The second-order valence-electron chi connectivity index (χ2n) is 5.45. The molecule has 0 aliphatic carbocycles. The number of carboxylic acids is 1. The highest BCUT2D eigenvalue weighted by atomic mass is 32.2. The number of nitrogens with one attached hydrogen (secondary N) is 1. The molecular weight excluding hydrogens is 380 g/mol. The Bertz CT molecular complexity index is 1040. The van der Waals surface area contributed by atoms with Gasteiger partial charge < -0.3 is 9.52 Å². The minimum atomic E-state index is -0.990. The topological polar surface area (TPSA) is 135 Å². The molecule has 2 amide bonds. The van der Waals surface area contributed by atoms with Gasteiger partial charge in [0.25, 0.3) is 5.24 Å². The van der Waals surface area contributed by atoms with Crippen molar-refractivity contribution in [2.75, 3.05) is 0 Å². The van der Waals surface area contributed by atoms with Crippen molar-refractivity contribution in [3.8, 4) is 0 Å². The van der Waals surface area contributed by atoms with Crippen LogP contribution >= 0.6 is 23.1 Å². The number of nitrogens with zero attached hydrogens (tertiary/aromatic N) is 3. The summed E-state index contributed by atoms with van der Waals surface area (Å²) in [5.74, 6) is -0.736. The van der Waals surface area contributed by atoms with E-state index in [0.717, 1.165) is 16.5 Å². The maximum atomic E-state index is 11.6. The fourth-order valence-electron chi connectivity index (χ4n) is 2.44. The van der Waals surface area contributed by atoms with Crippen LogP contribution in [-0.2, 0) is 17.6 Å². The first-order chi connectivity index (χ1) is 12.5. The molecule has 132 valence electrons. The third-order valence-corrected chi connectivity index (χ3v) is 5.62. The Morgan fingerprint density at radius 2 is 2.08 bits per heavy atom. The zero-order valence-corrected chi connectivity index (χ0v) is 14.6. The lowest BCUT2D eigenvalue weighted by Crippen LogP contribution is -2.25. The molecular formula is C15H10N4O5S2. The van der Waals surface area contributed by atoms with Gasteiger partial charge in [0, 0.05) is 6.42 Å². The van der Waals surface area contributed by atoms with Crippen LogP contribution in [-0.4, -0.2) is 42.7 Å². The van der Waals surface area contributed by atoms with Crippen LogP contribution in [0.5, 0.6) is 0 Å². The molecule has 3 heterocycles. The van der Waals surface area contributed by atoms with E-state index in [4.69, 9.17) is 9.52 Å². The van der Waals surface area contributed by atoms with Crippen LogP contribution in [0.25, 0.3) is 10.2 Å². The Balaban J connectivity index is 1.48. The maximum Gasteiger partial charge on any atom is 0.335 e. The summed E-state index contributed by atoms with van der Waals surface area (Å²) in [4.78, 5) is 38.2. The van der Waals surface area contributed by atoms with Crippen molar-refractivity contribution in [1.82, 2.24) is 20.5 Å². The second-order valence-corrected chi connectivity index (χ2v) is 7.74. The molecule has 0 radical (unpaired) electrons. The van der Waals surface area contributed by atoms with Crippen LogP contribution in [0.2, 0.25) is 0 Å². The van der Waals surface area contributed by atoms with Gasteiger partial charge in [-0.1, -0.05) is 11.8 Å². The number of carboxylic acid groups (broad SMARTS) is 1. The SMILES string of the molecule is O=C1NC(=O)C(Cc2nnc(Cc3nc4ccc(C(=O)O)cc4s3)o2)S1. The van der Waals surface area contributed by atoms with E-state index in [0.29, 0.717) is 22.8 Å². The minimum Gasteiger partial charge on any atom is -0.478 e. The number of amides is 2. The Hall–Kier alpha value is -2.79. The summed E-state index contributed by atoms with van der Waals surface area (Å²) >= 11 is 2.25. The first kappa shape index (κ1) is 16.7. The van der Waals surface area contributed by atoms with Gasteiger partial charge in [-0.15, -0.1) is 21.5 Å². The summed E-state index contributed by atoms with van der Waals surface area (Å²) in [5.41, 5.74) is 0.905. The molecule has 2 aromatic heterocycles. The molecule has 11 heteroatoms. The van der Waals surface area contributed by atoms with Gasteiger partial charge in [-0.25, -0.2) is 9.78 Å². The van der Waals surface area contributed by atoms with Gasteiger partial charge in [0.05, 0.1) is 22.2 Å². The molecule has 1 aromatic carbocycles. The predicted molar refractivity (Wildman–Crippen MR) is 92.3 cm³/mol. The van der Waals surface area contributed by atoms with Gasteiger partial charge in [0.1, 0.15) is 10.3 Å².